The molecular weight excluding hydrogens is 244 g/mol. The van der Waals surface area contributed by atoms with Gasteiger partial charge in [0.1, 0.15) is 0 Å². The van der Waals surface area contributed by atoms with Gasteiger partial charge in [0.25, 0.3) is 10.0 Å². The molecule has 17 heavy (non-hydrogen) atoms. The number of rotatable bonds is 2. The Labute approximate surface area is 100 Å². The van der Waals surface area contributed by atoms with Gasteiger partial charge in [-0.1, -0.05) is 0 Å². The fourth-order valence-electron chi connectivity index (χ4n) is 1.93. The molecule has 1 atom stereocenters. The molecule has 2 rings (SSSR count). The summed E-state index contributed by atoms with van der Waals surface area (Å²) in [7, 11) is -1.99. The van der Waals surface area contributed by atoms with E-state index < -0.39 is 10.0 Å². The van der Waals surface area contributed by atoms with Gasteiger partial charge < -0.3 is 15.0 Å². The summed E-state index contributed by atoms with van der Waals surface area (Å²) in [6.07, 6.45) is 1.40. The smallest absolute Gasteiger partial charge is 0.262 e. The lowest BCUT2D eigenvalue weighted by Crippen LogP contribution is -2.47. The number of hydrogen-bond acceptors (Lipinski definition) is 5. The van der Waals surface area contributed by atoms with Crippen LogP contribution in [0.2, 0.25) is 0 Å². The van der Waals surface area contributed by atoms with Gasteiger partial charge in [-0.25, -0.2) is 13.4 Å². The van der Waals surface area contributed by atoms with Gasteiger partial charge in [-0.2, -0.15) is 4.31 Å². The second-order valence-electron chi connectivity index (χ2n) is 4.09. The average molecular weight is 260 g/mol. The second-order valence-corrected chi connectivity index (χ2v) is 5.89. The summed E-state index contributed by atoms with van der Waals surface area (Å²) < 4.78 is 32.9. The van der Waals surface area contributed by atoms with Gasteiger partial charge in [-0.15, -0.1) is 0 Å². The minimum atomic E-state index is -3.60. The Hall–Kier alpha value is -1.12. The van der Waals surface area contributed by atoms with Crippen molar-refractivity contribution in [2.24, 2.45) is 7.05 Å². The zero-order chi connectivity index (χ0) is 12.6. The van der Waals surface area contributed by atoms with E-state index in [1.165, 1.54) is 15.2 Å². The molecule has 0 aromatic carbocycles. The summed E-state index contributed by atoms with van der Waals surface area (Å²) in [5.74, 6) is 0.0335. The number of nitrogens with two attached hydrogens (primary N) is 1. The highest BCUT2D eigenvalue weighted by atomic mass is 32.2. The summed E-state index contributed by atoms with van der Waals surface area (Å²) >= 11 is 0. The maximum atomic E-state index is 12.4. The maximum Gasteiger partial charge on any atom is 0.262 e. The molecule has 0 amide bonds. The number of ether oxygens (including phenoxy) is 1. The number of nitrogen functional groups attached to an aromatic ring is 1. The van der Waals surface area contributed by atoms with Crippen molar-refractivity contribution < 1.29 is 13.2 Å². The number of aromatic nitrogens is 2. The quantitative estimate of drug-likeness (QED) is 0.767. The van der Waals surface area contributed by atoms with Gasteiger partial charge in [0.15, 0.2) is 10.8 Å². The molecule has 96 valence electrons. The number of anilines is 1. The summed E-state index contributed by atoms with van der Waals surface area (Å²) in [6.45, 7) is 2.95. The highest BCUT2D eigenvalue weighted by Crippen LogP contribution is 2.23. The largest absolute Gasteiger partial charge is 0.381 e. The molecule has 0 aliphatic carbocycles. The monoisotopic (exact) mass is 260 g/mol. The summed E-state index contributed by atoms with van der Waals surface area (Å²) in [5, 5.41) is 0.0475. The molecule has 8 heteroatoms. The molecule has 7 nitrogen and oxygen atoms in total. The summed E-state index contributed by atoms with van der Waals surface area (Å²) in [4.78, 5) is 3.81. The molecule has 2 N–H and O–H groups in total. The minimum absolute atomic E-state index is 0.0335. The van der Waals surface area contributed by atoms with E-state index >= 15 is 0 Å². The predicted molar refractivity (Wildman–Crippen MR) is 61.8 cm³/mol. The van der Waals surface area contributed by atoms with E-state index in [4.69, 9.17) is 10.5 Å². The van der Waals surface area contributed by atoms with E-state index in [9.17, 15) is 8.42 Å². The first kappa shape index (κ1) is 12.3. The number of hydrogen-bond donors (Lipinski definition) is 1. The van der Waals surface area contributed by atoms with Crippen LogP contribution in [-0.4, -0.2) is 48.1 Å². The predicted octanol–water partition coefficient (Wildman–Crippen LogP) is -0.588. The minimum Gasteiger partial charge on any atom is -0.381 e. The molecule has 1 aliphatic heterocycles. The van der Waals surface area contributed by atoms with Crippen LogP contribution in [0.15, 0.2) is 11.4 Å². The van der Waals surface area contributed by atoms with Crippen molar-refractivity contribution in [3.63, 3.8) is 0 Å². The van der Waals surface area contributed by atoms with Crippen molar-refractivity contribution in [1.82, 2.24) is 13.9 Å². The van der Waals surface area contributed by atoms with E-state index in [-0.39, 0.29) is 16.9 Å². The van der Waals surface area contributed by atoms with Crippen LogP contribution in [0, 0.1) is 0 Å². The molecule has 1 fully saturated rings. The van der Waals surface area contributed by atoms with Gasteiger partial charge in [-0.3, -0.25) is 0 Å². The topological polar surface area (TPSA) is 90.4 Å². The van der Waals surface area contributed by atoms with E-state index in [1.54, 1.807) is 7.05 Å². The lowest BCUT2D eigenvalue weighted by Gasteiger charge is -2.32. The number of aryl methyl sites for hydroxylation is 1. The Kier molecular flexibility index (Phi) is 3.11. The molecule has 1 aliphatic rings. The zero-order valence-electron chi connectivity index (χ0n) is 9.83. The molecule has 2 heterocycles. The normalized spacial score (nSPS) is 22.8. The fraction of sp³-hybridized carbons (Fsp3) is 0.667. The first-order chi connectivity index (χ1) is 7.94. The molecule has 0 radical (unpaired) electrons. The number of morpholine rings is 1. The fourth-order valence-corrected chi connectivity index (χ4v) is 3.73. The van der Waals surface area contributed by atoms with Crippen LogP contribution in [0.25, 0.3) is 0 Å². The molecule has 0 saturated carbocycles. The molecule has 1 aromatic rings. The molecule has 0 unspecified atom stereocenters. The van der Waals surface area contributed by atoms with E-state index in [0.717, 1.165) is 0 Å². The first-order valence-electron chi connectivity index (χ1n) is 5.31. The maximum absolute atomic E-state index is 12.4. The van der Waals surface area contributed by atoms with Gasteiger partial charge in [0, 0.05) is 19.6 Å². The highest BCUT2D eigenvalue weighted by molar-refractivity contribution is 7.89. The van der Waals surface area contributed by atoms with Crippen molar-refractivity contribution >= 4 is 15.8 Å². The lowest BCUT2D eigenvalue weighted by atomic mass is 10.3. The van der Waals surface area contributed by atoms with Crippen molar-refractivity contribution in [3.8, 4) is 0 Å². The molecule has 0 spiro atoms. The van der Waals surface area contributed by atoms with Crippen molar-refractivity contribution in [2.75, 3.05) is 25.5 Å². The van der Waals surface area contributed by atoms with E-state index in [2.05, 4.69) is 4.98 Å². The molecular formula is C9H16N4O3S. The average Bonchev–Trinajstić information content (AvgIpc) is 2.59. The molecule has 1 saturated heterocycles. The molecule has 1 aromatic heterocycles. The van der Waals surface area contributed by atoms with Crippen molar-refractivity contribution in [3.05, 3.63) is 6.33 Å². The van der Waals surface area contributed by atoms with Crippen LogP contribution < -0.4 is 5.73 Å². The highest BCUT2D eigenvalue weighted by Gasteiger charge is 2.35. The lowest BCUT2D eigenvalue weighted by molar-refractivity contribution is 0.0391. The summed E-state index contributed by atoms with van der Waals surface area (Å²) in [5.41, 5.74) is 5.61. The van der Waals surface area contributed by atoms with Crippen LogP contribution in [0.5, 0.6) is 0 Å². The van der Waals surface area contributed by atoms with Crippen molar-refractivity contribution in [2.45, 2.75) is 18.0 Å². The Morgan fingerprint density at radius 2 is 2.29 bits per heavy atom. The summed E-state index contributed by atoms with van der Waals surface area (Å²) in [6, 6.07) is -0.192. The van der Waals surface area contributed by atoms with E-state index in [0.29, 0.717) is 19.8 Å². The third-order valence-electron chi connectivity index (χ3n) is 2.77. The Morgan fingerprint density at radius 1 is 1.59 bits per heavy atom. The standard InChI is InChI=1S/C9H16N4O3S/c1-7-5-16-4-3-13(7)17(14,15)9-8(10)11-6-12(9)2/h6-7H,3-5,10H2,1-2H3/t7-/m1/s1. The Balaban J connectivity index is 2.42. The zero-order valence-corrected chi connectivity index (χ0v) is 10.6. The van der Waals surface area contributed by atoms with Crippen LogP contribution >= 0.6 is 0 Å². The third-order valence-corrected chi connectivity index (χ3v) is 4.91. The Bertz CT molecular complexity index is 491. The SMILES string of the molecule is C[C@@H]1COCCN1S(=O)(=O)c1c(N)ncn1C. The Morgan fingerprint density at radius 3 is 2.82 bits per heavy atom. The van der Waals surface area contributed by atoms with Gasteiger partial charge in [-0.05, 0) is 6.92 Å². The first-order valence-corrected chi connectivity index (χ1v) is 6.75. The number of nitrogens with zero attached hydrogens (tertiary/aromatic N) is 3. The van der Waals surface area contributed by atoms with Crippen molar-refractivity contribution in [1.29, 1.82) is 0 Å². The third kappa shape index (κ3) is 2.03. The van der Waals surface area contributed by atoms with Crippen LogP contribution in [0.3, 0.4) is 0 Å². The van der Waals surface area contributed by atoms with Gasteiger partial charge >= 0.3 is 0 Å². The van der Waals surface area contributed by atoms with Crippen LogP contribution in [-0.2, 0) is 21.8 Å². The van der Waals surface area contributed by atoms with E-state index in [1.807, 2.05) is 6.92 Å². The molecule has 0 bridgehead atoms. The number of imidazole rings is 1. The van der Waals surface area contributed by atoms with Crippen LogP contribution in [0.1, 0.15) is 6.92 Å². The second kappa shape index (κ2) is 4.28. The van der Waals surface area contributed by atoms with Crippen LogP contribution in [0.4, 0.5) is 5.82 Å². The van der Waals surface area contributed by atoms with Gasteiger partial charge in [0.05, 0.1) is 19.5 Å². The number of sulfonamides is 1. The van der Waals surface area contributed by atoms with Gasteiger partial charge in [0.2, 0.25) is 0 Å².